The van der Waals surface area contributed by atoms with E-state index >= 15 is 0 Å². The Bertz CT molecular complexity index is 1440. The lowest BCUT2D eigenvalue weighted by Gasteiger charge is -2.18. The van der Waals surface area contributed by atoms with Crippen molar-refractivity contribution < 1.29 is 28.6 Å². The van der Waals surface area contributed by atoms with Gasteiger partial charge in [-0.1, -0.05) is 253 Å². The molecule has 0 rings (SSSR count). The summed E-state index contributed by atoms with van der Waals surface area (Å²) in [5, 5.41) is 0. The normalized spacial score (nSPS) is 12.8. The summed E-state index contributed by atoms with van der Waals surface area (Å²) in [4.78, 5) is 38.2. The molecule has 0 aliphatic heterocycles. The highest BCUT2D eigenvalue weighted by Gasteiger charge is 2.19. The summed E-state index contributed by atoms with van der Waals surface area (Å²) < 4.78 is 16.9. The van der Waals surface area contributed by atoms with E-state index in [0.717, 1.165) is 116 Å². The third-order valence-electron chi connectivity index (χ3n) is 13.0. The average molecular weight is 1020 g/mol. The summed E-state index contributed by atoms with van der Waals surface area (Å²) in [6.45, 7) is 6.47. The van der Waals surface area contributed by atoms with Crippen molar-refractivity contribution in [1.82, 2.24) is 0 Å². The molecular weight excluding hydrogens is 901 g/mol. The molecule has 0 aromatic heterocycles. The minimum Gasteiger partial charge on any atom is -0.462 e. The predicted molar refractivity (Wildman–Crippen MR) is 316 cm³/mol. The van der Waals surface area contributed by atoms with Crippen LogP contribution >= 0.6 is 0 Å². The Kier molecular flexibility index (Phi) is 57.8. The third-order valence-corrected chi connectivity index (χ3v) is 13.0. The lowest BCUT2D eigenvalue weighted by Crippen LogP contribution is -2.30. The number of allylic oxidation sites excluding steroid dienone is 16. The fraction of sp³-hybridized carbons (Fsp3) is 0.716. The first kappa shape index (κ1) is 69.3. The van der Waals surface area contributed by atoms with Crippen LogP contribution in [0.1, 0.15) is 290 Å². The molecule has 0 amide bonds. The van der Waals surface area contributed by atoms with Crippen LogP contribution in [0.5, 0.6) is 0 Å². The molecule has 0 aromatic carbocycles. The maximum absolute atomic E-state index is 12.9. The van der Waals surface area contributed by atoms with Crippen LogP contribution < -0.4 is 0 Å². The molecule has 73 heavy (non-hydrogen) atoms. The van der Waals surface area contributed by atoms with Crippen molar-refractivity contribution in [2.45, 2.75) is 297 Å². The Morgan fingerprint density at radius 1 is 0.288 bits per heavy atom. The van der Waals surface area contributed by atoms with E-state index in [1.165, 1.54) is 135 Å². The van der Waals surface area contributed by atoms with E-state index in [1.54, 1.807) is 0 Å². The van der Waals surface area contributed by atoms with Crippen molar-refractivity contribution in [2.24, 2.45) is 0 Å². The van der Waals surface area contributed by atoms with Gasteiger partial charge in [0.05, 0.1) is 0 Å². The first-order chi connectivity index (χ1) is 36.0. The van der Waals surface area contributed by atoms with Crippen molar-refractivity contribution in [1.29, 1.82) is 0 Å². The van der Waals surface area contributed by atoms with Gasteiger partial charge in [0.15, 0.2) is 6.10 Å². The molecule has 6 nitrogen and oxygen atoms in total. The van der Waals surface area contributed by atoms with Crippen LogP contribution in [-0.4, -0.2) is 37.2 Å². The molecular formula is C67H114O6. The molecule has 0 heterocycles. The van der Waals surface area contributed by atoms with Gasteiger partial charge < -0.3 is 14.2 Å². The van der Waals surface area contributed by atoms with E-state index in [4.69, 9.17) is 14.2 Å². The second-order valence-electron chi connectivity index (χ2n) is 20.2. The molecule has 0 spiro atoms. The Morgan fingerprint density at radius 3 is 0.890 bits per heavy atom. The molecule has 0 N–H and O–H groups in total. The van der Waals surface area contributed by atoms with E-state index in [0.29, 0.717) is 19.3 Å². The Balaban J connectivity index is 4.34. The maximum atomic E-state index is 12.9. The minimum atomic E-state index is -0.790. The zero-order valence-electron chi connectivity index (χ0n) is 47.9. The second kappa shape index (κ2) is 60.9. The summed E-state index contributed by atoms with van der Waals surface area (Å²) in [5.41, 5.74) is 0. The van der Waals surface area contributed by atoms with Crippen LogP contribution in [0.2, 0.25) is 0 Å². The number of carbonyl (C=O) groups excluding carboxylic acids is 3. The summed E-state index contributed by atoms with van der Waals surface area (Å²) in [6.07, 6.45) is 81.2. The third kappa shape index (κ3) is 59.1. The SMILES string of the molecule is CC/C=C\C/C=C\C/C=C\C/C=C\CCCCCCCCCCC(=O)OC(COC(=O)CCCCCCC/C=C\CCCC)COC(=O)CCCCCCCCCC/C=C\C/C=C\C/C=C\CCCCCCC. The smallest absolute Gasteiger partial charge is 0.306 e. The van der Waals surface area contributed by atoms with Gasteiger partial charge in [-0.15, -0.1) is 0 Å². The molecule has 1 unspecified atom stereocenters. The Hall–Kier alpha value is -3.67. The fourth-order valence-corrected chi connectivity index (χ4v) is 8.42. The van der Waals surface area contributed by atoms with E-state index in [2.05, 4.69) is 118 Å². The van der Waals surface area contributed by atoms with Crippen LogP contribution in [-0.2, 0) is 28.6 Å². The first-order valence-electron chi connectivity index (χ1n) is 30.7. The molecule has 0 saturated carbocycles. The number of rotatable bonds is 55. The number of ether oxygens (including phenoxy) is 3. The van der Waals surface area contributed by atoms with E-state index in [1.807, 2.05) is 0 Å². The highest BCUT2D eigenvalue weighted by atomic mass is 16.6. The number of unbranched alkanes of at least 4 members (excludes halogenated alkanes) is 28. The van der Waals surface area contributed by atoms with E-state index in [-0.39, 0.29) is 31.1 Å². The van der Waals surface area contributed by atoms with Crippen molar-refractivity contribution in [3.63, 3.8) is 0 Å². The molecule has 0 aliphatic carbocycles. The topological polar surface area (TPSA) is 78.9 Å². The molecule has 0 fully saturated rings. The largest absolute Gasteiger partial charge is 0.462 e. The molecule has 0 radical (unpaired) electrons. The van der Waals surface area contributed by atoms with Crippen LogP contribution in [0.15, 0.2) is 97.2 Å². The highest BCUT2D eigenvalue weighted by molar-refractivity contribution is 5.71. The summed E-state index contributed by atoms with van der Waals surface area (Å²) in [6, 6.07) is 0. The molecule has 418 valence electrons. The summed E-state index contributed by atoms with van der Waals surface area (Å²) >= 11 is 0. The Morgan fingerprint density at radius 2 is 0.548 bits per heavy atom. The van der Waals surface area contributed by atoms with Gasteiger partial charge >= 0.3 is 17.9 Å². The highest BCUT2D eigenvalue weighted by Crippen LogP contribution is 2.15. The van der Waals surface area contributed by atoms with Gasteiger partial charge in [0.25, 0.3) is 0 Å². The lowest BCUT2D eigenvalue weighted by atomic mass is 10.1. The number of hydrogen-bond donors (Lipinski definition) is 0. The van der Waals surface area contributed by atoms with Gasteiger partial charge in [0.2, 0.25) is 0 Å². The molecule has 0 saturated heterocycles. The summed E-state index contributed by atoms with van der Waals surface area (Å²) in [7, 11) is 0. The van der Waals surface area contributed by atoms with Gasteiger partial charge in [-0.25, -0.2) is 0 Å². The van der Waals surface area contributed by atoms with Gasteiger partial charge in [-0.2, -0.15) is 0 Å². The zero-order chi connectivity index (χ0) is 52.9. The summed E-state index contributed by atoms with van der Waals surface area (Å²) in [5.74, 6) is -0.906. The van der Waals surface area contributed by atoms with Crippen LogP contribution in [0.25, 0.3) is 0 Å². The lowest BCUT2D eigenvalue weighted by molar-refractivity contribution is -0.167. The Labute approximate surface area is 451 Å². The van der Waals surface area contributed by atoms with Gasteiger partial charge in [0.1, 0.15) is 13.2 Å². The van der Waals surface area contributed by atoms with Gasteiger partial charge in [0, 0.05) is 19.3 Å². The monoisotopic (exact) mass is 1010 g/mol. The fourth-order valence-electron chi connectivity index (χ4n) is 8.42. The molecule has 0 bridgehead atoms. The predicted octanol–water partition coefficient (Wildman–Crippen LogP) is 20.9. The molecule has 0 aliphatic rings. The standard InChI is InChI=1S/C67H114O6/c1-4-7-10-13-16-19-22-24-26-28-30-32-33-35-36-38-40-42-45-48-51-54-57-60-66(69)72-63-64(62-71-65(68)59-56-53-50-47-44-21-18-15-12-9-6-3)73-67(70)61-58-55-52-49-46-43-41-39-37-34-31-29-27-25-23-20-17-14-11-8-5-2/h8,11,15,17-18,20,22,24-25,27-28,30-31,33-35,64H,4-7,9-10,12-14,16,19,21,23,26,29,32,36-63H2,1-3H3/b11-8-,18-15-,20-17-,24-22-,27-25-,30-28-,34-31-,35-33-. The molecule has 6 heteroatoms. The maximum Gasteiger partial charge on any atom is 0.306 e. The van der Waals surface area contributed by atoms with E-state index in [9.17, 15) is 14.4 Å². The number of carbonyl (C=O) groups is 3. The number of esters is 3. The van der Waals surface area contributed by atoms with Crippen molar-refractivity contribution >= 4 is 17.9 Å². The van der Waals surface area contributed by atoms with Gasteiger partial charge in [-0.05, 0) is 116 Å². The molecule has 1 atom stereocenters. The van der Waals surface area contributed by atoms with Crippen molar-refractivity contribution in [3.05, 3.63) is 97.2 Å². The van der Waals surface area contributed by atoms with Crippen LogP contribution in [0.4, 0.5) is 0 Å². The quantitative estimate of drug-likeness (QED) is 0.0261. The number of hydrogen-bond acceptors (Lipinski definition) is 6. The average Bonchev–Trinajstić information content (AvgIpc) is 3.39. The van der Waals surface area contributed by atoms with Crippen LogP contribution in [0.3, 0.4) is 0 Å². The second-order valence-corrected chi connectivity index (χ2v) is 20.2. The van der Waals surface area contributed by atoms with Crippen molar-refractivity contribution in [2.75, 3.05) is 13.2 Å². The minimum absolute atomic E-state index is 0.0874. The first-order valence-corrected chi connectivity index (χ1v) is 30.7. The van der Waals surface area contributed by atoms with E-state index < -0.39 is 6.10 Å². The van der Waals surface area contributed by atoms with Crippen molar-refractivity contribution in [3.8, 4) is 0 Å². The van der Waals surface area contributed by atoms with Gasteiger partial charge in [-0.3, -0.25) is 14.4 Å². The molecule has 0 aromatic rings. The zero-order valence-corrected chi connectivity index (χ0v) is 47.9. The van der Waals surface area contributed by atoms with Crippen LogP contribution in [0, 0.1) is 0 Å².